The first-order valence-electron chi connectivity index (χ1n) is 11.5. The normalized spacial score (nSPS) is 17.1. The first-order chi connectivity index (χ1) is 15.6. The second-order valence-electron chi connectivity index (χ2n) is 8.78. The van der Waals surface area contributed by atoms with Gasteiger partial charge in [0.25, 0.3) is 5.91 Å². The number of carbonyl (C=O) groups is 1. The van der Waals surface area contributed by atoms with Crippen molar-refractivity contribution in [3.63, 3.8) is 0 Å². The van der Waals surface area contributed by atoms with Crippen LogP contribution in [0, 0.1) is 5.92 Å². The van der Waals surface area contributed by atoms with Gasteiger partial charge < -0.3 is 10.2 Å². The van der Waals surface area contributed by atoms with Gasteiger partial charge in [0, 0.05) is 35.0 Å². The van der Waals surface area contributed by atoms with Crippen LogP contribution in [0.5, 0.6) is 0 Å². The summed E-state index contributed by atoms with van der Waals surface area (Å²) in [4.78, 5) is 16.5. The van der Waals surface area contributed by atoms with Gasteiger partial charge in [-0.15, -0.1) is 11.8 Å². The van der Waals surface area contributed by atoms with Crippen LogP contribution in [0.2, 0.25) is 0 Å². The summed E-state index contributed by atoms with van der Waals surface area (Å²) in [5.74, 6) is 1.61. The van der Waals surface area contributed by atoms with E-state index in [0.29, 0.717) is 5.56 Å². The van der Waals surface area contributed by atoms with Crippen LogP contribution >= 0.6 is 11.8 Å². The molecule has 3 nitrogen and oxygen atoms in total. The van der Waals surface area contributed by atoms with E-state index in [2.05, 4.69) is 65.7 Å². The third kappa shape index (κ3) is 5.95. The molecule has 0 aliphatic carbocycles. The van der Waals surface area contributed by atoms with E-state index >= 15 is 0 Å². The van der Waals surface area contributed by atoms with Crippen molar-refractivity contribution in [3.8, 4) is 0 Å². The van der Waals surface area contributed by atoms with Crippen LogP contribution < -0.4 is 10.2 Å². The number of anilines is 1. The summed E-state index contributed by atoms with van der Waals surface area (Å²) in [6.07, 6.45) is 2.59. The summed E-state index contributed by atoms with van der Waals surface area (Å²) in [7, 11) is 0. The van der Waals surface area contributed by atoms with Crippen LogP contribution in [0.25, 0.3) is 0 Å². The third-order valence-electron chi connectivity index (χ3n) is 6.13. The van der Waals surface area contributed by atoms with E-state index < -0.39 is 0 Å². The maximum Gasteiger partial charge on any atom is 0.251 e. The van der Waals surface area contributed by atoms with Crippen molar-refractivity contribution in [1.29, 1.82) is 0 Å². The Balaban J connectivity index is 1.31. The van der Waals surface area contributed by atoms with E-state index in [1.165, 1.54) is 29.0 Å². The van der Waals surface area contributed by atoms with E-state index in [0.717, 1.165) is 30.3 Å². The highest BCUT2D eigenvalue weighted by molar-refractivity contribution is 7.98. The predicted molar refractivity (Wildman–Crippen MR) is 135 cm³/mol. The van der Waals surface area contributed by atoms with Gasteiger partial charge in [0.2, 0.25) is 0 Å². The summed E-state index contributed by atoms with van der Waals surface area (Å²) in [5.41, 5.74) is 4.32. The Kier molecular flexibility index (Phi) is 7.54. The fourth-order valence-electron chi connectivity index (χ4n) is 4.20. The molecule has 0 unspecified atom stereocenters. The summed E-state index contributed by atoms with van der Waals surface area (Å²) in [6.45, 7) is 6.63. The summed E-state index contributed by atoms with van der Waals surface area (Å²) < 4.78 is 0. The lowest BCUT2D eigenvalue weighted by Gasteiger charge is -2.33. The number of nitrogens with zero attached hydrogens (tertiary/aromatic N) is 1. The molecule has 1 N–H and O–H groups in total. The first kappa shape index (κ1) is 22.5. The average Bonchev–Trinajstić information content (AvgIpc) is 2.84. The second-order valence-corrected chi connectivity index (χ2v) is 9.83. The van der Waals surface area contributed by atoms with Crippen molar-refractivity contribution in [2.75, 3.05) is 18.0 Å². The third-order valence-corrected chi connectivity index (χ3v) is 7.21. The van der Waals surface area contributed by atoms with Crippen LogP contribution in [-0.2, 0) is 5.75 Å². The molecular weight excluding hydrogens is 412 g/mol. The Morgan fingerprint density at radius 3 is 2.44 bits per heavy atom. The molecule has 0 saturated carbocycles. The van der Waals surface area contributed by atoms with Crippen molar-refractivity contribution in [2.24, 2.45) is 5.92 Å². The number of rotatable bonds is 7. The lowest BCUT2D eigenvalue weighted by atomic mass is 9.99. The van der Waals surface area contributed by atoms with Crippen LogP contribution in [-0.4, -0.2) is 19.0 Å². The standard InChI is InChI=1S/C28H32N2OS/c1-21-7-6-18-30(19-21)26-16-14-24(15-17-26)22(2)29-28(31)25-12-10-23(11-13-25)20-32-27-8-4-3-5-9-27/h3-5,8-17,21-22H,6-7,18-20H2,1-2H3,(H,29,31)/t21-,22-/m1/s1. The van der Waals surface area contributed by atoms with Crippen molar-refractivity contribution in [1.82, 2.24) is 5.32 Å². The molecule has 0 radical (unpaired) electrons. The fraction of sp³-hybridized carbons (Fsp3) is 0.321. The highest BCUT2D eigenvalue weighted by Crippen LogP contribution is 2.25. The van der Waals surface area contributed by atoms with Crippen molar-refractivity contribution < 1.29 is 4.79 Å². The lowest BCUT2D eigenvalue weighted by Crippen LogP contribution is -2.34. The van der Waals surface area contributed by atoms with Crippen molar-refractivity contribution >= 4 is 23.4 Å². The van der Waals surface area contributed by atoms with Crippen molar-refractivity contribution in [2.45, 2.75) is 43.4 Å². The molecule has 4 heteroatoms. The predicted octanol–water partition coefficient (Wildman–Crippen LogP) is 6.71. The molecule has 0 spiro atoms. The molecule has 1 aliphatic rings. The molecule has 1 fully saturated rings. The molecule has 1 amide bonds. The minimum atomic E-state index is -0.0369. The van der Waals surface area contributed by atoms with Gasteiger partial charge in [-0.2, -0.15) is 0 Å². The van der Waals surface area contributed by atoms with E-state index in [4.69, 9.17) is 0 Å². The Labute approximate surface area is 196 Å². The number of nitrogens with one attached hydrogen (secondary N) is 1. The van der Waals surface area contributed by atoms with Gasteiger partial charge in [0.1, 0.15) is 0 Å². The fourth-order valence-corrected chi connectivity index (χ4v) is 5.07. The highest BCUT2D eigenvalue weighted by atomic mass is 32.2. The first-order valence-corrected chi connectivity index (χ1v) is 12.5. The molecule has 0 aromatic heterocycles. The lowest BCUT2D eigenvalue weighted by molar-refractivity contribution is 0.0940. The summed E-state index contributed by atoms with van der Waals surface area (Å²) in [5, 5.41) is 3.14. The zero-order valence-corrected chi connectivity index (χ0v) is 19.8. The maximum absolute atomic E-state index is 12.7. The Hall–Kier alpha value is -2.72. The molecule has 1 heterocycles. The average molecular weight is 445 g/mol. The summed E-state index contributed by atoms with van der Waals surface area (Å²) >= 11 is 1.80. The number of thioether (sulfide) groups is 1. The van der Waals surface area contributed by atoms with Gasteiger partial charge in [-0.05, 0) is 73.2 Å². The molecule has 2 atom stereocenters. The molecule has 1 saturated heterocycles. The SMILES string of the molecule is C[C@@H]1CCCN(c2ccc([C@@H](C)NC(=O)c3ccc(CSc4ccccc4)cc3)cc2)C1. The number of piperidine rings is 1. The topological polar surface area (TPSA) is 32.3 Å². The molecule has 0 bridgehead atoms. The Morgan fingerprint density at radius 2 is 1.75 bits per heavy atom. The molecule has 32 heavy (non-hydrogen) atoms. The van der Waals surface area contributed by atoms with Gasteiger partial charge in [0.15, 0.2) is 0 Å². The van der Waals surface area contributed by atoms with Gasteiger partial charge in [-0.1, -0.05) is 49.4 Å². The number of carbonyl (C=O) groups excluding carboxylic acids is 1. The number of amides is 1. The number of hydrogen-bond donors (Lipinski definition) is 1. The monoisotopic (exact) mass is 444 g/mol. The highest BCUT2D eigenvalue weighted by Gasteiger charge is 2.17. The smallest absolute Gasteiger partial charge is 0.251 e. The van der Waals surface area contributed by atoms with Gasteiger partial charge in [-0.3, -0.25) is 4.79 Å². The van der Waals surface area contributed by atoms with E-state index in [9.17, 15) is 4.79 Å². The number of hydrogen-bond acceptors (Lipinski definition) is 3. The van der Waals surface area contributed by atoms with Crippen LogP contribution in [0.4, 0.5) is 5.69 Å². The molecule has 4 rings (SSSR count). The van der Waals surface area contributed by atoms with Gasteiger partial charge in [0.05, 0.1) is 6.04 Å². The van der Waals surface area contributed by atoms with Crippen molar-refractivity contribution in [3.05, 3.63) is 95.6 Å². The minimum absolute atomic E-state index is 0.0336. The summed E-state index contributed by atoms with van der Waals surface area (Å²) in [6, 6.07) is 26.9. The Morgan fingerprint density at radius 1 is 1.03 bits per heavy atom. The van der Waals surface area contributed by atoms with Gasteiger partial charge in [-0.25, -0.2) is 0 Å². The zero-order chi connectivity index (χ0) is 22.3. The molecule has 1 aliphatic heterocycles. The van der Waals surface area contributed by atoms with E-state index in [1.807, 2.05) is 37.3 Å². The second kappa shape index (κ2) is 10.7. The van der Waals surface area contributed by atoms with Gasteiger partial charge >= 0.3 is 0 Å². The Bertz CT molecular complexity index is 1000. The minimum Gasteiger partial charge on any atom is -0.371 e. The molecule has 3 aromatic rings. The maximum atomic E-state index is 12.7. The zero-order valence-electron chi connectivity index (χ0n) is 19.0. The van der Waals surface area contributed by atoms with Crippen LogP contribution in [0.3, 0.4) is 0 Å². The molecular formula is C28H32N2OS. The van der Waals surface area contributed by atoms with E-state index in [1.54, 1.807) is 11.8 Å². The van der Waals surface area contributed by atoms with E-state index in [-0.39, 0.29) is 11.9 Å². The van der Waals surface area contributed by atoms with Crippen LogP contribution in [0.15, 0.2) is 83.8 Å². The largest absolute Gasteiger partial charge is 0.371 e. The number of benzene rings is 3. The van der Waals surface area contributed by atoms with Crippen LogP contribution in [0.1, 0.15) is 54.2 Å². The molecule has 3 aromatic carbocycles. The quantitative estimate of drug-likeness (QED) is 0.411. The molecule has 166 valence electrons.